The zero-order valence-electron chi connectivity index (χ0n) is 21.8. The maximum Gasteiger partial charge on any atom is 0.165 e. The molecule has 2 saturated heterocycles. The Morgan fingerprint density at radius 2 is 1.71 bits per heavy atom. The standard InChI is InChI=1S/C28H32F2N8/c1-3-35-11-13-36(14-12-35)19-25-31-16-20(17-32-25)22-18-33-38-10-7-26(34-27(22)38)37-9-4-8-28(37,2)23-15-21(29)5-6-24(23)30/h5-7,10,15-18H,3-4,8-9,11-14,19H2,1-2H3/t28-/m1/s1. The zero-order chi connectivity index (χ0) is 26.3. The van der Waals surface area contributed by atoms with E-state index in [9.17, 15) is 8.78 Å². The van der Waals surface area contributed by atoms with E-state index in [1.807, 2.05) is 31.6 Å². The normalized spacial score (nSPS) is 21.0. The Kier molecular flexibility index (Phi) is 6.53. The van der Waals surface area contributed by atoms with Gasteiger partial charge < -0.3 is 9.80 Å². The first-order valence-electron chi connectivity index (χ1n) is 13.3. The summed E-state index contributed by atoms with van der Waals surface area (Å²) in [4.78, 5) is 21.1. The molecule has 3 aromatic heterocycles. The molecule has 0 N–H and O–H groups in total. The van der Waals surface area contributed by atoms with Gasteiger partial charge in [0.25, 0.3) is 0 Å². The van der Waals surface area contributed by atoms with Gasteiger partial charge in [-0.3, -0.25) is 4.90 Å². The molecule has 10 heteroatoms. The van der Waals surface area contributed by atoms with E-state index in [-0.39, 0.29) is 0 Å². The van der Waals surface area contributed by atoms with E-state index in [1.165, 1.54) is 12.1 Å². The molecule has 38 heavy (non-hydrogen) atoms. The number of hydrogen-bond acceptors (Lipinski definition) is 7. The van der Waals surface area contributed by atoms with Gasteiger partial charge in [0, 0.05) is 68.0 Å². The highest BCUT2D eigenvalue weighted by molar-refractivity contribution is 5.77. The predicted octanol–water partition coefficient (Wildman–Crippen LogP) is 4.12. The van der Waals surface area contributed by atoms with Crippen LogP contribution in [0.15, 0.2) is 49.1 Å². The Morgan fingerprint density at radius 1 is 0.947 bits per heavy atom. The minimum Gasteiger partial charge on any atom is -0.347 e. The summed E-state index contributed by atoms with van der Waals surface area (Å²) >= 11 is 0. The van der Waals surface area contributed by atoms with Crippen LogP contribution in [-0.2, 0) is 12.1 Å². The van der Waals surface area contributed by atoms with Crippen molar-refractivity contribution in [3.63, 3.8) is 0 Å². The molecule has 0 saturated carbocycles. The lowest BCUT2D eigenvalue weighted by molar-refractivity contribution is 0.129. The lowest BCUT2D eigenvalue weighted by Crippen LogP contribution is -2.45. The minimum absolute atomic E-state index is 0.352. The number of hydrogen-bond donors (Lipinski definition) is 0. The van der Waals surface area contributed by atoms with Crippen LogP contribution in [-0.4, -0.2) is 73.6 Å². The lowest BCUT2D eigenvalue weighted by Gasteiger charge is -2.37. The number of anilines is 1. The molecule has 198 valence electrons. The van der Waals surface area contributed by atoms with Crippen molar-refractivity contribution >= 4 is 11.5 Å². The smallest absolute Gasteiger partial charge is 0.165 e. The first-order chi connectivity index (χ1) is 18.4. The summed E-state index contributed by atoms with van der Waals surface area (Å²) in [6.07, 6.45) is 8.84. The molecule has 4 aromatic rings. The monoisotopic (exact) mass is 518 g/mol. The molecule has 0 amide bonds. The highest BCUT2D eigenvalue weighted by Crippen LogP contribution is 2.42. The SMILES string of the molecule is CCN1CCN(Cc2ncc(-c3cnn4ccc(N5CCC[C@]5(C)c5cc(F)ccc5F)nc34)cn2)CC1. The van der Waals surface area contributed by atoms with Gasteiger partial charge in [-0.05, 0) is 50.6 Å². The molecule has 0 bridgehead atoms. The molecule has 0 radical (unpaired) electrons. The molecule has 1 atom stereocenters. The molecule has 0 aliphatic carbocycles. The molecule has 2 fully saturated rings. The number of benzene rings is 1. The summed E-state index contributed by atoms with van der Waals surface area (Å²) in [6, 6.07) is 5.54. The van der Waals surface area contributed by atoms with E-state index in [1.54, 1.807) is 10.7 Å². The van der Waals surface area contributed by atoms with Crippen LogP contribution in [0.4, 0.5) is 14.6 Å². The highest BCUT2D eigenvalue weighted by Gasteiger charge is 2.41. The van der Waals surface area contributed by atoms with E-state index in [2.05, 4.69) is 36.7 Å². The van der Waals surface area contributed by atoms with Crippen molar-refractivity contribution in [2.24, 2.45) is 0 Å². The molecule has 0 unspecified atom stereocenters. The van der Waals surface area contributed by atoms with Gasteiger partial charge in [0.1, 0.15) is 23.3 Å². The number of piperazine rings is 1. The van der Waals surface area contributed by atoms with Crippen molar-refractivity contribution in [3.05, 3.63) is 72.1 Å². The molecule has 8 nitrogen and oxygen atoms in total. The van der Waals surface area contributed by atoms with Gasteiger partial charge in [-0.1, -0.05) is 6.92 Å². The Morgan fingerprint density at radius 3 is 2.47 bits per heavy atom. The van der Waals surface area contributed by atoms with Crippen LogP contribution in [0.25, 0.3) is 16.8 Å². The highest BCUT2D eigenvalue weighted by atomic mass is 19.1. The van der Waals surface area contributed by atoms with Crippen molar-refractivity contribution in [3.8, 4) is 11.1 Å². The summed E-state index contributed by atoms with van der Waals surface area (Å²) in [5.74, 6) is 0.652. The van der Waals surface area contributed by atoms with Gasteiger partial charge in [0.05, 0.1) is 18.3 Å². The Hall–Kier alpha value is -3.50. The first-order valence-corrected chi connectivity index (χ1v) is 13.3. The molecule has 6 rings (SSSR count). The molecule has 1 aromatic carbocycles. The minimum atomic E-state index is -0.703. The average Bonchev–Trinajstić information content (AvgIpc) is 3.54. The number of aromatic nitrogens is 5. The molecule has 5 heterocycles. The third kappa shape index (κ3) is 4.52. The summed E-state index contributed by atoms with van der Waals surface area (Å²) in [6.45, 7) is 10.9. The molecule has 2 aliphatic rings. The number of rotatable bonds is 6. The fourth-order valence-electron chi connectivity index (χ4n) is 5.77. The molecular formula is C28H32F2N8. The van der Waals surface area contributed by atoms with E-state index in [0.29, 0.717) is 30.0 Å². The van der Waals surface area contributed by atoms with Crippen LogP contribution in [0.1, 0.15) is 38.1 Å². The van der Waals surface area contributed by atoms with Crippen LogP contribution in [0.2, 0.25) is 0 Å². The number of nitrogens with zero attached hydrogens (tertiary/aromatic N) is 8. The summed E-state index contributed by atoms with van der Waals surface area (Å²) in [7, 11) is 0. The molecule has 0 spiro atoms. The molecule has 2 aliphatic heterocycles. The Bertz CT molecular complexity index is 1430. The number of halogens is 2. The van der Waals surface area contributed by atoms with Gasteiger partial charge in [-0.25, -0.2) is 28.2 Å². The van der Waals surface area contributed by atoms with Gasteiger partial charge in [-0.15, -0.1) is 0 Å². The second-order valence-electron chi connectivity index (χ2n) is 10.4. The average molecular weight is 519 g/mol. The van der Waals surface area contributed by atoms with Gasteiger partial charge in [0.2, 0.25) is 0 Å². The van der Waals surface area contributed by atoms with E-state index < -0.39 is 17.2 Å². The van der Waals surface area contributed by atoms with Gasteiger partial charge >= 0.3 is 0 Å². The maximum absolute atomic E-state index is 14.8. The second-order valence-corrected chi connectivity index (χ2v) is 10.4. The second kappa shape index (κ2) is 9.99. The van der Waals surface area contributed by atoms with Crippen LogP contribution in [0.3, 0.4) is 0 Å². The van der Waals surface area contributed by atoms with Crippen molar-refractivity contribution in [2.45, 2.75) is 38.8 Å². The van der Waals surface area contributed by atoms with Crippen LogP contribution < -0.4 is 4.90 Å². The summed E-state index contributed by atoms with van der Waals surface area (Å²) in [5.41, 5.74) is 1.98. The maximum atomic E-state index is 14.8. The van der Waals surface area contributed by atoms with Crippen molar-refractivity contribution in [2.75, 3.05) is 44.2 Å². The quantitative estimate of drug-likeness (QED) is 0.381. The number of likely N-dealkylation sites (N-methyl/N-ethyl adjacent to an activating group) is 1. The topological polar surface area (TPSA) is 65.7 Å². The zero-order valence-corrected chi connectivity index (χ0v) is 21.8. The third-order valence-electron chi connectivity index (χ3n) is 8.07. The lowest BCUT2D eigenvalue weighted by atomic mass is 9.88. The van der Waals surface area contributed by atoms with Crippen LogP contribution in [0.5, 0.6) is 0 Å². The van der Waals surface area contributed by atoms with Crippen molar-refractivity contribution < 1.29 is 8.78 Å². The first kappa shape index (κ1) is 24.8. The van der Waals surface area contributed by atoms with E-state index in [0.717, 1.165) is 68.7 Å². The largest absolute Gasteiger partial charge is 0.347 e. The third-order valence-corrected chi connectivity index (χ3v) is 8.07. The molecular weight excluding hydrogens is 486 g/mol. The van der Waals surface area contributed by atoms with Crippen molar-refractivity contribution in [1.29, 1.82) is 0 Å². The van der Waals surface area contributed by atoms with Crippen molar-refractivity contribution in [1.82, 2.24) is 34.4 Å². The predicted molar refractivity (Wildman–Crippen MR) is 142 cm³/mol. The fraction of sp³-hybridized carbons (Fsp3) is 0.429. The Balaban J connectivity index is 1.26. The summed E-state index contributed by atoms with van der Waals surface area (Å²) < 4.78 is 30.6. The van der Waals surface area contributed by atoms with Gasteiger partial charge in [-0.2, -0.15) is 5.10 Å². The Labute approximate surface area is 220 Å². The fourth-order valence-corrected chi connectivity index (χ4v) is 5.77. The van der Waals surface area contributed by atoms with Crippen LogP contribution in [0, 0.1) is 11.6 Å². The summed E-state index contributed by atoms with van der Waals surface area (Å²) in [5, 5.41) is 4.47. The van der Waals surface area contributed by atoms with Crippen LogP contribution >= 0.6 is 0 Å². The van der Waals surface area contributed by atoms with E-state index in [4.69, 9.17) is 4.98 Å². The number of fused-ring (bicyclic) bond motifs is 1. The van der Waals surface area contributed by atoms with Gasteiger partial charge in [0.15, 0.2) is 5.65 Å². The van der Waals surface area contributed by atoms with E-state index >= 15 is 0 Å².